The summed E-state index contributed by atoms with van der Waals surface area (Å²) in [7, 11) is 1.57. The van der Waals surface area contributed by atoms with Crippen molar-refractivity contribution in [3.63, 3.8) is 0 Å². The molecule has 0 amide bonds. The molecule has 14 heavy (non-hydrogen) atoms. The minimum absolute atomic E-state index is 0.308. The van der Waals surface area contributed by atoms with Gasteiger partial charge in [-0.05, 0) is 21.1 Å². The summed E-state index contributed by atoms with van der Waals surface area (Å²) in [6.45, 7) is 0.363. The Morgan fingerprint density at radius 3 is 2.93 bits per heavy atom. The molecule has 7 heteroatoms. The van der Waals surface area contributed by atoms with Crippen LogP contribution in [0.1, 0.15) is 5.76 Å². The first-order valence-corrected chi connectivity index (χ1v) is 4.53. The van der Waals surface area contributed by atoms with Gasteiger partial charge in [-0.15, -0.1) is 0 Å². The van der Waals surface area contributed by atoms with Gasteiger partial charge in [0.2, 0.25) is 4.73 Å². The number of ether oxygens (including phenoxy) is 1. The van der Waals surface area contributed by atoms with Crippen molar-refractivity contribution in [2.75, 3.05) is 7.11 Å². The van der Waals surface area contributed by atoms with Crippen LogP contribution in [0.5, 0.6) is 0 Å². The summed E-state index contributed by atoms with van der Waals surface area (Å²) >= 11 is 3.07. The molecule has 0 aliphatic heterocycles. The largest absolute Gasteiger partial charge is 0.377 e. The Kier molecular flexibility index (Phi) is 2.60. The third kappa shape index (κ3) is 1.83. The Bertz CT molecular complexity index is 425. The second kappa shape index (κ2) is 3.89. The van der Waals surface area contributed by atoms with Crippen molar-refractivity contribution in [2.45, 2.75) is 6.61 Å². The topological polar surface area (TPSA) is 74.2 Å². The maximum atomic E-state index is 4.95. The van der Waals surface area contributed by atoms with Gasteiger partial charge in [-0.3, -0.25) is 0 Å². The third-order valence-electron chi connectivity index (χ3n) is 1.47. The van der Waals surface area contributed by atoms with E-state index >= 15 is 0 Å². The molecular weight excluding hydrogens is 254 g/mol. The summed E-state index contributed by atoms with van der Waals surface area (Å²) in [5.41, 5.74) is 0.496. The molecular formula is C7H6BrN3O3. The molecule has 0 unspecified atom stereocenters. The van der Waals surface area contributed by atoms with Crippen LogP contribution in [0.3, 0.4) is 0 Å². The molecule has 0 saturated carbocycles. The van der Waals surface area contributed by atoms with Gasteiger partial charge in [0.25, 0.3) is 5.89 Å². The molecule has 0 radical (unpaired) electrons. The number of nitrogens with zero attached hydrogens (tertiary/aromatic N) is 3. The van der Waals surface area contributed by atoms with E-state index in [4.69, 9.17) is 13.8 Å². The number of rotatable bonds is 3. The quantitative estimate of drug-likeness (QED) is 0.834. The fourth-order valence-electron chi connectivity index (χ4n) is 0.934. The number of methoxy groups -OCH3 is 1. The third-order valence-corrected chi connectivity index (χ3v) is 1.79. The molecule has 74 valence electrons. The van der Waals surface area contributed by atoms with E-state index in [9.17, 15) is 0 Å². The number of hydrogen-bond acceptors (Lipinski definition) is 6. The van der Waals surface area contributed by atoms with Crippen molar-refractivity contribution in [3.8, 4) is 11.6 Å². The monoisotopic (exact) mass is 259 g/mol. The Balaban J connectivity index is 2.24. The summed E-state index contributed by atoms with van der Waals surface area (Å²) in [5, 5.41) is 7.31. The highest BCUT2D eigenvalue weighted by Crippen LogP contribution is 2.18. The van der Waals surface area contributed by atoms with Crippen LogP contribution in [0.2, 0.25) is 0 Å². The van der Waals surface area contributed by atoms with E-state index in [1.165, 1.54) is 0 Å². The summed E-state index contributed by atoms with van der Waals surface area (Å²) in [5.74, 6) is 0.916. The number of aromatic nitrogens is 3. The lowest BCUT2D eigenvalue weighted by Gasteiger charge is -1.87. The Labute approximate surface area is 87.3 Å². The predicted octanol–water partition coefficient (Wildman–Crippen LogP) is 1.63. The van der Waals surface area contributed by atoms with E-state index in [0.717, 1.165) is 0 Å². The van der Waals surface area contributed by atoms with E-state index < -0.39 is 0 Å². The normalized spacial score (nSPS) is 10.7. The minimum Gasteiger partial charge on any atom is -0.377 e. The zero-order chi connectivity index (χ0) is 9.97. The number of halogens is 1. The molecule has 0 spiro atoms. The van der Waals surface area contributed by atoms with Crippen molar-refractivity contribution in [2.24, 2.45) is 0 Å². The van der Waals surface area contributed by atoms with Gasteiger partial charge in [-0.25, -0.2) is 0 Å². The van der Waals surface area contributed by atoms with Gasteiger partial charge in [0.1, 0.15) is 6.61 Å². The lowest BCUT2D eigenvalue weighted by molar-refractivity contribution is 0.156. The van der Waals surface area contributed by atoms with Crippen LogP contribution in [-0.4, -0.2) is 22.4 Å². The fourth-order valence-corrected chi connectivity index (χ4v) is 1.17. The Morgan fingerprint density at radius 1 is 1.43 bits per heavy atom. The van der Waals surface area contributed by atoms with E-state index in [1.807, 2.05) is 0 Å². The van der Waals surface area contributed by atoms with Gasteiger partial charge in [-0.2, -0.15) is 4.98 Å². The molecule has 0 bridgehead atoms. The second-order valence-corrected chi connectivity index (χ2v) is 3.19. The lowest BCUT2D eigenvalue weighted by Crippen LogP contribution is -1.81. The van der Waals surface area contributed by atoms with Crippen molar-refractivity contribution in [1.82, 2.24) is 15.3 Å². The molecule has 0 aromatic carbocycles. The maximum absolute atomic E-state index is 4.95. The van der Waals surface area contributed by atoms with Gasteiger partial charge < -0.3 is 13.8 Å². The minimum atomic E-state index is 0.308. The van der Waals surface area contributed by atoms with Crippen LogP contribution in [0, 0.1) is 0 Å². The molecule has 2 rings (SSSR count). The summed E-state index contributed by atoms with van der Waals surface area (Å²) in [4.78, 5) is 3.93. The van der Waals surface area contributed by atoms with Gasteiger partial charge >= 0.3 is 0 Å². The zero-order valence-electron chi connectivity index (χ0n) is 7.23. The maximum Gasteiger partial charge on any atom is 0.280 e. The van der Waals surface area contributed by atoms with Crippen molar-refractivity contribution in [3.05, 3.63) is 16.6 Å². The molecule has 0 fully saturated rings. The predicted molar refractivity (Wildman–Crippen MR) is 48.2 cm³/mol. The molecule has 0 atom stereocenters. The first kappa shape index (κ1) is 9.35. The highest BCUT2D eigenvalue weighted by Gasteiger charge is 2.12. The van der Waals surface area contributed by atoms with Crippen LogP contribution in [0.4, 0.5) is 0 Å². The standard InChI is InChI=1S/C7H6BrN3O3/c1-12-3-4-2-5(10-13-4)6-9-7(8)11-14-6/h2H,3H2,1H3. The summed E-state index contributed by atoms with van der Waals surface area (Å²) < 4.78 is 15.1. The van der Waals surface area contributed by atoms with Crippen LogP contribution < -0.4 is 0 Å². The average molecular weight is 260 g/mol. The summed E-state index contributed by atoms with van der Waals surface area (Å²) in [6, 6.07) is 1.68. The van der Waals surface area contributed by atoms with Crippen LogP contribution >= 0.6 is 15.9 Å². The van der Waals surface area contributed by atoms with Gasteiger partial charge in [-0.1, -0.05) is 5.16 Å². The molecule has 2 heterocycles. The Hall–Kier alpha value is -1.21. The first-order valence-electron chi connectivity index (χ1n) is 3.73. The highest BCUT2D eigenvalue weighted by molar-refractivity contribution is 9.10. The van der Waals surface area contributed by atoms with E-state index in [0.29, 0.717) is 28.7 Å². The van der Waals surface area contributed by atoms with Gasteiger partial charge in [0, 0.05) is 13.2 Å². The van der Waals surface area contributed by atoms with E-state index in [-0.39, 0.29) is 0 Å². The molecule has 0 N–H and O–H groups in total. The van der Waals surface area contributed by atoms with Crippen LogP contribution in [0.25, 0.3) is 11.6 Å². The van der Waals surface area contributed by atoms with E-state index in [1.54, 1.807) is 13.2 Å². The SMILES string of the molecule is COCc1cc(-c2nc(Br)no2)no1. The van der Waals surface area contributed by atoms with E-state index in [2.05, 4.69) is 31.2 Å². The first-order chi connectivity index (χ1) is 6.79. The van der Waals surface area contributed by atoms with Crippen molar-refractivity contribution < 1.29 is 13.8 Å². The highest BCUT2D eigenvalue weighted by atomic mass is 79.9. The van der Waals surface area contributed by atoms with Crippen LogP contribution in [0.15, 0.2) is 19.8 Å². The van der Waals surface area contributed by atoms with Crippen molar-refractivity contribution in [1.29, 1.82) is 0 Å². The molecule has 0 aliphatic carbocycles. The lowest BCUT2D eigenvalue weighted by atomic mass is 10.4. The number of hydrogen-bond donors (Lipinski definition) is 0. The Morgan fingerprint density at radius 2 is 2.29 bits per heavy atom. The second-order valence-electron chi connectivity index (χ2n) is 2.48. The smallest absolute Gasteiger partial charge is 0.280 e. The van der Waals surface area contributed by atoms with Gasteiger partial charge in [0.15, 0.2) is 11.5 Å². The zero-order valence-corrected chi connectivity index (χ0v) is 8.81. The molecule has 0 aliphatic rings. The molecule has 2 aromatic rings. The summed E-state index contributed by atoms with van der Waals surface area (Å²) in [6.07, 6.45) is 0. The fraction of sp³-hybridized carbons (Fsp3) is 0.286. The average Bonchev–Trinajstić information content (AvgIpc) is 2.74. The molecule has 6 nitrogen and oxygen atoms in total. The van der Waals surface area contributed by atoms with Crippen LogP contribution in [-0.2, 0) is 11.3 Å². The molecule has 0 saturated heterocycles. The van der Waals surface area contributed by atoms with Crippen molar-refractivity contribution >= 4 is 15.9 Å². The molecule has 2 aromatic heterocycles. The van der Waals surface area contributed by atoms with Gasteiger partial charge in [0.05, 0.1) is 0 Å².